The van der Waals surface area contributed by atoms with Gasteiger partial charge in [0.05, 0.1) is 15.5 Å². The Bertz CT molecular complexity index is 1880. The minimum Gasteiger partial charge on any atom is -0.506 e. The number of hydrogen-bond acceptors (Lipinski definition) is 9. The van der Waals surface area contributed by atoms with E-state index in [9.17, 15) is 44.0 Å². The average Bonchev–Trinajstić information content (AvgIpc) is 2.75. The average molecular weight is 539 g/mol. The van der Waals surface area contributed by atoms with E-state index in [-0.39, 0.29) is 32.9 Å². The van der Waals surface area contributed by atoms with Gasteiger partial charge in [-0.3, -0.25) is 13.7 Å². The number of aromatic hydroxyl groups is 1. The minimum absolute atomic E-state index is 0.0242. The van der Waals surface area contributed by atoms with Crippen LogP contribution in [0.4, 0.5) is 11.4 Å². The van der Waals surface area contributed by atoms with Crippen molar-refractivity contribution >= 4 is 63.3 Å². The van der Waals surface area contributed by atoms with Crippen molar-refractivity contribution in [1.82, 2.24) is 0 Å². The van der Waals surface area contributed by atoms with Crippen LogP contribution in [0.5, 0.6) is 5.75 Å². The van der Waals surface area contributed by atoms with Crippen molar-refractivity contribution in [2.75, 3.05) is 0 Å². The standard InChI is InChI=1S/C20H14N2O10S3/c23-18-10-19(35(30,31)32)15-3-1-2-4-16(15)20(18)22-21-17-9-13(34(27,28)29)8-11-7-12(33(24,25)26)5-6-14(11)17/h1-10,23H,(H,24,25,26)(H,27,28,29)(H,30,31,32)/b22-21+. The SMILES string of the molecule is O=S(=O)(O)c1ccc2c(/N=N/c3c(O)cc(S(=O)(=O)O)c4ccccc34)cc(S(=O)(=O)O)cc2c1. The van der Waals surface area contributed by atoms with E-state index in [2.05, 4.69) is 10.2 Å². The summed E-state index contributed by atoms with van der Waals surface area (Å²) >= 11 is 0. The molecule has 4 rings (SSSR count). The lowest BCUT2D eigenvalue weighted by Crippen LogP contribution is -2.00. The molecule has 0 atom stereocenters. The summed E-state index contributed by atoms with van der Waals surface area (Å²) < 4.78 is 98.1. The third kappa shape index (κ3) is 4.86. The zero-order chi connectivity index (χ0) is 25.8. The first-order valence-electron chi connectivity index (χ1n) is 9.33. The number of phenols is 1. The molecule has 35 heavy (non-hydrogen) atoms. The van der Waals surface area contributed by atoms with Gasteiger partial charge < -0.3 is 5.11 Å². The molecule has 4 N–H and O–H groups in total. The lowest BCUT2D eigenvalue weighted by atomic mass is 10.1. The van der Waals surface area contributed by atoms with E-state index in [4.69, 9.17) is 0 Å². The van der Waals surface area contributed by atoms with Crippen LogP contribution in [-0.2, 0) is 30.4 Å². The van der Waals surface area contributed by atoms with E-state index < -0.39 is 50.8 Å². The normalized spacial score (nSPS) is 13.1. The van der Waals surface area contributed by atoms with Gasteiger partial charge in [0.15, 0.2) is 0 Å². The van der Waals surface area contributed by atoms with Crippen molar-refractivity contribution in [2.24, 2.45) is 10.2 Å². The number of azo groups is 1. The molecule has 0 spiro atoms. The Morgan fingerprint density at radius 3 is 1.80 bits per heavy atom. The predicted molar refractivity (Wildman–Crippen MR) is 123 cm³/mol. The Balaban J connectivity index is 1.99. The zero-order valence-corrected chi connectivity index (χ0v) is 19.6. The summed E-state index contributed by atoms with van der Waals surface area (Å²) in [6.07, 6.45) is 0. The maximum atomic E-state index is 11.7. The molecule has 0 aliphatic heterocycles. The maximum absolute atomic E-state index is 11.7. The molecule has 0 heterocycles. The summed E-state index contributed by atoms with van der Waals surface area (Å²) in [7, 11) is -14.1. The molecule has 0 saturated carbocycles. The Labute approximate surface area is 198 Å². The van der Waals surface area contributed by atoms with Crippen LogP contribution < -0.4 is 0 Å². The minimum atomic E-state index is -4.77. The summed E-state index contributed by atoms with van der Waals surface area (Å²) in [4.78, 5) is -1.76. The van der Waals surface area contributed by atoms with Crippen molar-refractivity contribution in [2.45, 2.75) is 14.7 Å². The molecular formula is C20H14N2O10S3. The Hall–Kier alpha value is -3.47. The molecule has 0 aliphatic rings. The van der Waals surface area contributed by atoms with E-state index in [0.29, 0.717) is 0 Å². The predicted octanol–water partition coefficient (Wildman–Crippen LogP) is 3.85. The molecule has 12 nitrogen and oxygen atoms in total. The molecule has 15 heteroatoms. The fourth-order valence-corrected chi connectivity index (χ4v) is 5.20. The molecule has 0 aromatic heterocycles. The topological polar surface area (TPSA) is 208 Å². The van der Waals surface area contributed by atoms with E-state index in [1.54, 1.807) is 0 Å². The lowest BCUT2D eigenvalue weighted by Gasteiger charge is -2.09. The lowest BCUT2D eigenvalue weighted by molar-refractivity contribution is 0.468. The van der Waals surface area contributed by atoms with Crippen LogP contribution in [0.3, 0.4) is 0 Å². The second kappa shape index (κ2) is 8.33. The molecular weight excluding hydrogens is 524 g/mol. The molecule has 182 valence electrons. The van der Waals surface area contributed by atoms with Gasteiger partial charge in [0.2, 0.25) is 0 Å². The van der Waals surface area contributed by atoms with Crippen LogP contribution in [0.1, 0.15) is 0 Å². The second-order valence-corrected chi connectivity index (χ2v) is 11.5. The monoisotopic (exact) mass is 538 g/mol. The van der Waals surface area contributed by atoms with Crippen LogP contribution in [0.15, 0.2) is 85.6 Å². The van der Waals surface area contributed by atoms with Crippen molar-refractivity contribution in [3.8, 4) is 5.75 Å². The zero-order valence-electron chi connectivity index (χ0n) is 17.1. The summed E-state index contributed by atoms with van der Waals surface area (Å²) in [5.41, 5.74) is -0.382. The highest BCUT2D eigenvalue weighted by molar-refractivity contribution is 7.86. The molecule has 0 radical (unpaired) electrons. The van der Waals surface area contributed by atoms with Crippen LogP contribution in [-0.4, -0.2) is 44.0 Å². The number of fused-ring (bicyclic) bond motifs is 2. The highest BCUT2D eigenvalue weighted by atomic mass is 32.2. The van der Waals surface area contributed by atoms with Crippen LogP contribution in [0.2, 0.25) is 0 Å². The molecule has 4 aromatic carbocycles. The van der Waals surface area contributed by atoms with E-state index >= 15 is 0 Å². The Morgan fingerprint density at radius 1 is 0.600 bits per heavy atom. The van der Waals surface area contributed by atoms with Gasteiger partial charge in [-0.05, 0) is 29.7 Å². The molecule has 0 saturated heterocycles. The third-order valence-corrected chi connectivity index (χ3v) is 7.54. The van der Waals surface area contributed by atoms with E-state index in [1.807, 2.05) is 0 Å². The summed E-state index contributed by atoms with van der Waals surface area (Å²) in [6.45, 7) is 0. The Morgan fingerprint density at radius 2 is 1.20 bits per heavy atom. The fourth-order valence-electron chi connectivity index (χ4n) is 3.43. The van der Waals surface area contributed by atoms with Gasteiger partial charge in [-0.2, -0.15) is 25.3 Å². The van der Waals surface area contributed by atoms with E-state index in [0.717, 1.165) is 30.3 Å². The second-order valence-electron chi connectivity index (χ2n) is 7.24. The fraction of sp³-hybridized carbons (Fsp3) is 0. The number of rotatable bonds is 5. The number of phenolic OH excluding ortho intramolecular Hbond substituents is 1. The van der Waals surface area contributed by atoms with Crippen molar-refractivity contribution in [3.63, 3.8) is 0 Å². The summed E-state index contributed by atoms with van der Waals surface area (Å²) in [5.74, 6) is -0.663. The van der Waals surface area contributed by atoms with Crippen molar-refractivity contribution in [1.29, 1.82) is 0 Å². The molecule has 0 amide bonds. The quantitative estimate of drug-likeness (QED) is 0.213. The summed E-state index contributed by atoms with van der Waals surface area (Å²) in [6, 6.07) is 11.7. The van der Waals surface area contributed by atoms with Crippen LogP contribution in [0.25, 0.3) is 21.5 Å². The smallest absolute Gasteiger partial charge is 0.295 e. The van der Waals surface area contributed by atoms with Gasteiger partial charge in [0.25, 0.3) is 30.4 Å². The first-order chi connectivity index (χ1) is 16.2. The number of hydrogen-bond donors (Lipinski definition) is 4. The first-order valence-corrected chi connectivity index (χ1v) is 13.6. The van der Waals surface area contributed by atoms with Gasteiger partial charge in [0, 0.05) is 22.2 Å². The molecule has 0 fully saturated rings. The van der Waals surface area contributed by atoms with Gasteiger partial charge in [-0.15, -0.1) is 10.2 Å². The highest BCUT2D eigenvalue weighted by Crippen LogP contribution is 2.41. The first kappa shape index (κ1) is 24.6. The molecule has 4 aromatic rings. The van der Waals surface area contributed by atoms with Crippen LogP contribution >= 0.6 is 0 Å². The maximum Gasteiger partial charge on any atom is 0.295 e. The van der Waals surface area contributed by atoms with Crippen LogP contribution in [0, 0.1) is 0 Å². The largest absolute Gasteiger partial charge is 0.506 e. The molecule has 0 aliphatic carbocycles. The van der Waals surface area contributed by atoms with Crippen molar-refractivity contribution in [3.05, 3.63) is 60.7 Å². The Kier molecular flexibility index (Phi) is 5.87. The van der Waals surface area contributed by atoms with Gasteiger partial charge in [-0.1, -0.05) is 30.3 Å². The van der Waals surface area contributed by atoms with Gasteiger partial charge in [0.1, 0.15) is 16.3 Å². The van der Waals surface area contributed by atoms with E-state index in [1.165, 1.54) is 30.3 Å². The third-order valence-electron chi connectivity index (χ3n) is 4.97. The molecule has 0 unspecified atom stereocenters. The van der Waals surface area contributed by atoms with Gasteiger partial charge >= 0.3 is 0 Å². The number of nitrogens with zero attached hydrogens (tertiary/aromatic N) is 2. The summed E-state index contributed by atoms with van der Waals surface area (Å²) in [5, 5.41) is 18.5. The van der Waals surface area contributed by atoms with Gasteiger partial charge in [-0.25, -0.2) is 0 Å². The van der Waals surface area contributed by atoms with Crippen molar-refractivity contribution < 1.29 is 44.0 Å². The number of benzene rings is 4. The molecule has 0 bridgehead atoms. The highest BCUT2D eigenvalue weighted by Gasteiger charge is 2.20.